The van der Waals surface area contributed by atoms with Crippen LogP contribution in [0.4, 0.5) is 0 Å². The van der Waals surface area contributed by atoms with Crippen LogP contribution in [0.1, 0.15) is 31.0 Å². The number of nitrogens with zero attached hydrogens (tertiary/aromatic N) is 1. The number of H-pyrrole nitrogens is 1. The Morgan fingerprint density at radius 2 is 2.16 bits per heavy atom. The third-order valence-corrected chi connectivity index (χ3v) is 7.22. The van der Waals surface area contributed by atoms with Crippen LogP contribution in [0.2, 0.25) is 0 Å². The van der Waals surface area contributed by atoms with E-state index in [4.69, 9.17) is 4.74 Å². The van der Waals surface area contributed by atoms with Crippen LogP contribution < -0.4 is 0 Å². The average molecular weight is 337 g/mol. The number of para-hydroxylation sites is 1. The first-order valence-corrected chi connectivity index (χ1v) is 9.75. The summed E-state index contributed by atoms with van der Waals surface area (Å²) in [5, 5.41) is 1.42. The van der Waals surface area contributed by atoms with Gasteiger partial charge in [0.05, 0.1) is 32.2 Å². The number of aromatic amines is 1. The van der Waals surface area contributed by atoms with E-state index < -0.39 is 0 Å². The predicted molar refractivity (Wildman–Crippen MR) is 102 cm³/mol. The fourth-order valence-electron chi connectivity index (χ4n) is 6.63. The van der Waals surface area contributed by atoms with Gasteiger partial charge in [-0.15, -0.1) is 0 Å². The number of hydrogen-bond donors (Lipinski definition) is 1. The second-order valence-corrected chi connectivity index (χ2v) is 8.71. The molecule has 6 rings (SSSR count). The van der Waals surface area contributed by atoms with Gasteiger partial charge in [0.15, 0.2) is 0 Å². The minimum Gasteiger partial charge on any atom is -0.383 e. The largest absolute Gasteiger partial charge is 0.383 e. The van der Waals surface area contributed by atoms with E-state index in [1.54, 1.807) is 11.1 Å². The lowest BCUT2D eigenvalue weighted by atomic mass is 9.60. The smallest absolute Gasteiger partial charge is 0.124 e. The quantitative estimate of drug-likeness (QED) is 0.669. The molecule has 0 amide bonds. The van der Waals surface area contributed by atoms with Crippen molar-refractivity contribution in [3.63, 3.8) is 0 Å². The number of fused-ring (bicyclic) bond motifs is 3. The molecule has 25 heavy (non-hydrogen) atoms. The second-order valence-electron chi connectivity index (χ2n) is 8.71. The van der Waals surface area contributed by atoms with Crippen molar-refractivity contribution in [1.29, 1.82) is 0 Å². The fraction of sp³-hybridized carbons (Fsp3) is 0.545. The summed E-state index contributed by atoms with van der Waals surface area (Å²) >= 11 is 0. The van der Waals surface area contributed by atoms with Crippen LogP contribution in [0, 0.1) is 5.92 Å². The Kier molecular flexibility index (Phi) is 3.27. The molecule has 0 spiro atoms. The van der Waals surface area contributed by atoms with E-state index in [-0.39, 0.29) is 5.41 Å². The third-order valence-electron chi connectivity index (χ3n) is 7.22. The molecule has 4 bridgehead atoms. The van der Waals surface area contributed by atoms with Crippen molar-refractivity contribution < 1.29 is 9.22 Å². The maximum absolute atomic E-state index is 5.90. The van der Waals surface area contributed by atoms with Gasteiger partial charge in [0, 0.05) is 36.0 Å². The molecule has 1 aromatic carbocycles. The number of piperidine rings is 1. The Morgan fingerprint density at radius 1 is 1.32 bits per heavy atom. The normalized spacial score (nSPS) is 36.2. The van der Waals surface area contributed by atoms with Crippen molar-refractivity contribution >= 4 is 10.9 Å². The molecule has 3 nitrogen and oxygen atoms in total. The molecule has 4 aliphatic rings. The average Bonchev–Trinajstić information content (AvgIpc) is 2.96. The Balaban J connectivity index is 1.81. The van der Waals surface area contributed by atoms with E-state index in [1.807, 2.05) is 7.11 Å². The summed E-state index contributed by atoms with van der Waals surface area (Å²) in [6, 6.07) is 9.40. The van der Waals surface area contributed by atoms with Gasteiger partial charge in [-0.3, -0.25) is 0 Å². The highest BCUT2D eigenvalue weighted by atomic mass is 16.5. The molecule has 1 N–H and O–H groups in total. The van der Waals surface area contributed by atoms with Crippen molar-refractivity contribution in [2.24, 2.45) is 5.92 Å². The van der Waals surface area contributed by atoms with Gasteiger partial charge in [0.1, 0.15) is 6.04 Å². The van der Waals surface area contributed by atoms with Gasteiger partial charge in [-0.1, -0.05) is 31.2 Å². The highest BCUT2D eigenvalue weighted by Crippen LogP contribution is 2.54. The Morgan fingerprint density at radius 3 is 2.96 bits per heavy atom. The number of hydrogen-bond acceptors (Lipinski definition) is 1. The lowest BCUT2D eigenvalue weighted by Gasteiger charge is -2.58. The lowest BCUT2D eigenvalue weighted by Crippen LogP contribution is -2.70. The van der Waals surface area contributed by atoms with Crippen LogP contribution in [0.25, 0.3) is 10.9 Å². The zero-order valence-electron chi connectivity index (χ0n) is 15.6. The second kappa shape index (κ2) is 5.21. The number of quaternary nitrogens is 1. The summed E-state index contributed by atoms with van der Waals surface area (Å²) < 4.78 is 7.08. The lowest BCUT2D eigenvalue weighted by molar-refractivity contribution is -0.942. The summed E-state index contributed by atoms with van der Waals surface area (Å²) in [7, 11) is 4.38. The van der Waals surface area contributed by atoms with Gasteiger partial charge >= 0.3 is 0 Å². The number of nitrogens with one attached hydrogen (secondary N) is 1. The molecule has 1 saturated heterocycles. The van der Waals surface area contributed by atoms with E-state index in [2.05, 4.69) is 49.3 Å². The fourth-order valence-corrected chi connectivity index (χ4v) is 6.63. The Bertz CT molecular complexity index is 866. The minimum atomic E-state index is 0.0946. The Labute approximate surface area is 150 Å². The zero-order valence-corrected chi connectivity index (χ0v) is 15.6. The highest BCUT2D eigenvalue weighted by molar-refractivity contribution is 5.85. The number of aromatic nitrogens is 1. The number of ether oxygens (including phenoxy) is 1. The third kappa shape index (κ3) is 1.94. The van der Waals surface area contributed by atoms with Crippen LogP contribution in [0.15, 0.2) is 35.9 Å². The van der Waals surface area contributed by atoms with E-state index in [1.165, 1.54) is 47.0 Å². The predicted octanol–water partition coefficient (Wildman–Crippen LogP) is 3.79. The SMILES string of the molecule is CCC1=CC2CC3(COC)c4[nH]c5ccccc5c4CC[N+](C)(C2)C13. The maximum atomic E-state index is 5.90. The van der Waals surface area contributed by atoms with Crippen molar-refractivity contribution in [3.8, 4) is 0 Å². The number of rotatable bonds is 3. The molecule has 1 aromatic heterocycles. The van der Waals surface area contributed by atoms with Gasteiger partial charge in [0.25, 0.3) is 0 Å². The number of benzene rings is 1. The summed E-state index contributed by atoms with van der Waals surface area (Å²) in [6.45, 7) is 5.68. The van der Waals surface area contributed by atoms with Crippen molar-refractivity contribution in [2.75, 3.05) is 33.9 Å². The monoisotopic (exact) mass is 337 g/mol. The molecule has 4 heterocycles. The highest BCUT2D eigenvalue weighted by Gasteiger charge is 2.62. The summed E-state index contributed by atoms with van der Waals surface area (Å²) in [5.41, 5.74) is 6.08. The molecule has 1 aliphatic carbocycles. The van der Waals surface area contributed by atoms with Gasteiger partial charge in [-0.05, 0) is 30.0 Å². The molecule has 4 unspecified atom stereocenters. The maximum Gasteiger partial charge on any atom is 0.124 e. The molecular weight excluding hydrogens is 308 g/mol. The molecule has 2 aromatic rings. The standard InChI is InChI=1S/C22H29N2O/c1-4-16-11-15-12-22(14-25-3)20-18(9-10-24(2,13-15)21(16)22)17-7-5-6-8-19(17)23-20/h5-8,11,15,21,23H,4,9-10,12-14H2,1-3H3/q+1. The molecule has 3 heteroatoms. The van der Waals surface area contributed by atoms with Gasteiger partial charge in [-0.25, -0.2) is 0 Å². The van der Waals surface area contributed by atoms with E-state index in [0.29, 0.717) is 12.0 Å². The Hall–Kier alpha value is -1.58. The van der Waals surface area contributed by atoms with Crippen LogP contribution >= 0.6 is 0 Å². The van der Waals surface area contributed by atoms with Crippen molar-refractivity contribution in [1.82, 2.24) is 4.98 Å². The van der Waals surface area contributed by atoms with Crippen LogP contribution in [-0.4, -0.2) is 49.4 Å². The van der Waals surface area contributed by atoms with Crippen LogP contribution in [-0.2, 0) is 16.6 Å². The summed E-state index contributed by atoms with van der Waals surface area (Å²) in [5.74, 6) is 0.678. The van der Waals surface area contributed by atoms with Crippen LogP contribution in [0.3, 0.4) is 0 Å². The first-order valence-electron chi connectivity index (χ1n) is 9.75. The molecule has 4 atom stereocenters. The number of likely N-dealkylation sites (N-methyl/N-ethyl adjacent to an activating group) is 1. The minimum absolute atomic E-state index is 0.0946. The first-order chi connectivity index (χ1) is 12.1. The van der Waals surface area contributed by atoms with Gasteiger partial charge in [-0.2, -0.15) is 0 Å². The van der Waals surface area contributed by atoms with Gasteiger partial charge < -0.3 is 14.2 Å². The topological polar surface area (TPSA) is 25.0 Å². The number of methoxy groups -OCH3 is 1. The van der Waals surface area contributed by atoms with E-state index >= 15 is 0 Å². The first kappa shape index (κ1) is 15.7. The van der Waals surface area contributed by atoms with Crippen molar-refractivity contribution in [2.45, 2.75) is 37.6 Å². The van der Waals surface area contributed by atoms with E-state index in [0.717, 1.165) is 13.0 Å². The molecular formula is C22H29N2O+. The molecule has 0 saturated carbocycles. The van der Waals surface area contributed by atoms with E-state index in [9.17, 15) is 0 Å². The summed E-state index contributed by atoms with van der Waals surface area (Å²) in [6.07, 6.45) is 6.16. The molecule has 132 valence electrons. The molecule has 3 aliphatic heterocycles. The van der Waals surface area contributed by atoms with Gasteiger partial charge in [0.2, 0.25) is 0 Å². The zero-order chi connectivity index (χ0) is 17.2. The van der Waals surface area contributed by atoms with Crippen molar-refractivity contribution in [3.05, 3.63) is 47.2 Å². The molecule has 0 radical (unpaired) electrons. The van der Waals surface area contributed by atoms with Crippen LogP contribution in [0.5, 0.6) is 0 Å². The summed E-state index contributed by atoms with van der Waals surface area (Å²) in [4.78, 5) is 3.87. The molecule has 1 fully saturated rings.